The fourth-order valence-electron chi connectivity index (χ4n) is 2.83. The van der Waals surface area contributed by atoms with E-state index in [1.807, 2.05) is 32.9 Å². The van der Waals surface area contributed by atoms with Gasteiger partial charge in [-0.2, -0.15) is 0 Å². The van der Waals surface area contributed by atoms with Crippen molar-refractivity contribution in [2.24, 2.45) is 0 Å². The van der Waals surface area contributed by atoms with Crippen molar-refractivity contribution in [1.29, 1.82) is 0 Å². The molecule has 0 aliphatic carbocycles. The number of benzene rings is 1. The van der Waals surface area contributed by atoms with Crippen LogP contribution in [0.1, 0.15) is 50.0 Å². The molecule has 126 valence electrons. The molecule has 2 atom stereocenters. The summed E-state index contributed by atoms with van der Waals surface area (Å²) >= 11 is 0. The Kier molecular flexibility index (Phi) is 4.80. The number of rotatable bonds is 3. The zero-order valence-corrected chi connectivity index (χ0v) is 14.4. The number of carbonyl (C=O) groups excluding carboxylic acids is 2. The molecule has 1 saturated heterocycles. The predicted molar refractivity (Wildman–Crippen MR) is 87.4 cm³/mol. The van der Waals surface area contributed by atoms with Crippen LogP contribution in [0.2, 0.25) is 0 Å². The van der Waals surface area contributed by atoms with Crippen LogP contribution in [-0.4, -0.2) is 37.2 Å². The third kappa shape index (κ3) is 4.10. The minimum absolute atomic E-state index is 0.170. The van der Waals surface area contributed by atoms with Gasteiger partial charge in [-0.05, 0) is 44.9 Å². The summed E-state index contributed by atoms with van der Waals surface area (Å²) in [6.07, 6.45) is 0.666. The lowest BCUT2D eigenvalue weighted by molar-refractivity contribution is -0.157. The van der Waals surface area contributed by atoms with Crippen LogP contribution in [0.15, 0.2) is 24.3 Å². The van der Waals surface area contributed by atoms with Gasteiger partial charge in [-0.15, -0.1) is 0 Å². The second-order valence-corrected chi connectivity index (χ2v) is 7.30. The van der Waals surface area contributed by atoms with Gasteiger partial charge >= 0.3 is 11.9 Å². The number of esters is 2. The van der Waals surface area contributed by atoms with Crippen molar-refractivity contribution in [2.75, 3.05) is 13.7 Å². The van der Waals surface area contributed by atoms with Crippen LogP contribution < -0.4 is 5.32 Å². The molecule has 0 bridgehead atoms. The lowest BCUT2D eigenvalue weighted by Crippen LogP contribution is -2.37. The van der Waals surface area contributed by atoms with Gasteiger partial charge in [0, 0.05) is 12.0 Å². The Balaban J connectivity index is 2.09. The van der Waals surface area contributed by atoms with Crippen LogP contribution in [0.5, 0.6) is 0 Å². The molecular formula is C18H25NO4. The summed E-state index contributed by atoms with van der Waals surface area (Å²) in [6.45, 7) is 8.39. The molecular weight excluding hydrogens is 294 g/mol. The van der Waals surface area contributed by atoms with Crippen molar-refractivity contribution in [3.63, 3.8) is 0 Å². The molecule has 5 nitrogen and oxygen atoms in total. The van der Waals surface area contributed by atoms with Gasteiger partial charge in [0.05, 0.1) is 12.7 Å². The van der Waals surface area contributed by atoms with Crippen LogP contribution in [0, 0.1) is 0 Å². The first kappa shape index (κ1) is 17.5. The molecule has 1 fully saturated rings. The van der Waals surface area contributed by atoms with E-state index in [0.717, 1.165) is 5.56 Å². The topological polar surface area (TPSA) is 64.6 Å². The molecule has 23 heavy (non-hydrogen) atoms. The van der Waals surface area contributed by atoms with Crippen molar-refractivity contribution >= 4 is 11.9 Å². The Hall–Kier alpha value is -1.88. The lowest BCUT2D eigenvalue weighted by Gasteiger charge is -2.25. The summed E-state index contributed by atoms with van der Waals surface area (Å²) in [6, 6.07) is 7.05. The van der Waals surface area contributed by atoms with E-state index >= 15 is 0 Å². The Morgan fingerprint density at radius 2 is 1.83 bits per heavy atom. The molecule has 1 aliphatic rings. The lowest BCUT2D eigenvalue weighted by atomic mass is 9.80. The standard InChI is InChI=1S/C18H25NO4/c1-17(2,3)23-16(21)14-10-18(4,11-19-14)13-8-6-12(7-9-13)15(20)22-5/h6-9,14,19H,10-11H2,1-5H3. The summed E-state index contributed by atoms with van der Waals surface area (Å²) < 4.78 is 10.2. The minimum atomic E-state index is -0.486. The zero-order valence-electron chi connectivity index (χ0n) is 14.4. The van der Waals surface area contributed by atoms with Gasteiger partial charge in [-0.25, -0.2) is 4.79 Å². The van der Waals surface area contributed by atoms with Crippen molar-refractivity contribution in [3.8, 4) is 0 Å². The maximum absolute atomic E-state index is 12.2. The smallest absolute Gasteiger partial charge is 0.337 e. The van der Waals surface area contributed by atoms with Crippen molar-refractivity contribution < 1.29 is 19.1 Å². The van der Waals surface area contributed by atoms with Crippen LogP contribution >= 0.6 is 0 Å². The first-order valence-corrected chi connectivity index (χ1v) is 7.80. The van der Waals surface area contributed by atoms with Crippen LogP contribution in [0.3, 0.4) is 0 Å². The highest BCUT2D eigenvalue weighted by Crippen LogP contribution is 2.33. The SMILES string of the molecule is COC(=O)c1ccc(C2(C)CNC(C(=O)OC(C)(C)C)C2)cc1. The largest absolute Gasteiger partial charge is 0.465 e. The summed E-state index contributed by atoms with van der Waals surface area (Å²) in [5.41, 5.74) is 0.953. The van der Waals surface area contributed by atoms with E-state index < -0.39 is 5.60 Å². The molecule has 2 unspecified atom stereocenters. The Labute approximate surface area is 137 Å². The second-order valence-electron chi connectivity index (χ2n) is 7.30. The Morgan fingerprint density at radius 3 is 2.35 bits per heavy atom. The Bertz CT molecular complexity index is 588. The monoisotopic (exact) mass is 319 g/mol. The maximum Gasteiger partial charge on any atom is 0.337 e. The number of ether oxygens (including phenoxy) is 2. The first-order valence-electron chi connectivity index (χ1n) is 7.80. The molecule has 0 saturated carbocycles. The van der Waals surface area contributed by atoms with Gasteiger partial charge in [-0.1, -0.05) is 19.1 Å². The number of carbonyl (C=O) groups is 2. The van der Waals surface area contributed by atoms with E-state index in [-0.39, 0.29) is 23.4 Å². The predicted octanol–water partition coefficient (Wildman–Crippen LogP) is 2.43. The first-order chi connectivity index (χ1) is 10.6. The fraction of sp³-hybridized carbons (Fsp3) is 0.556. The van der Waals surface area contributed by atoms with Gasteiger partial charge in [0.25, 0.3) is 0 Å². The van der Waals surface area contributed by atoms with Gasteiger partial charge in [0.2, 0.25) is 0 Å². The highest BCUT2D eigenvalue weighted by Gasteiger charge is 2.41. The van der Waals surface area contributed by atoms with E-state index in [1.54, 1.807) is 12.1 Å². The highest BCUT2D eigenvalue weighted by molar-refractivity contribution is 5.89. The molecule has 1 aromatic rings. The molecule has 1 aliphatic heterocycles. The second kappa shape index (κ2) is 6.32. The van der Waals surface area contributed by atoms with Gasteiger partial charge in [0.1, 0.15) is 11.6 Å². The number of nitrogens with one attached hydrogen (secondary N) is 1. The Morgan fingerprint density at radius 1 is 1.22 bits per heavy atom. The fourth-order valence-corrected chi connectivity index (χ4v) is 2.83. The van der Waals surface area contributed by atoms with E-state index in [1.165, 1.54) is 7.11 Å². The number of methoxy groups -OCH3 is 1. The van der Waals surface area contributed by atoms with E-state index in [0.29, 0.717) is 18.5 Å². The zero-order chi connectivity index (χ0) is 17.3. The average molecular weight is 319 g/mol. The summed E-state index contributed by atoms with van der Waals surface area (Å²) in [4.78, 5) is 23.7. The maximum atomic E-state index is 12.2. The van der Waals surface area contributed by atoms with Crippen molar-refractivity contribution in [1.82, 2.24) is 5.32 Å². The molecule has 0 radical (unpaired) electrons. The number of hydrogen-bond acceptors (Lipinski definition) is 5. The highest BCUT2D eigenvalue weighted by atomic mass is 16.6. The molecule has 1 N–H and O–H groups in total. The summed E-state index contributed by atoms with van der Waals surface area (Å²) in [5.74, 6) is -0.565. The molecule has 0 aromatic heterocycles. The normalized spacial score (nSPS) is 24.3. The van der Waals surface area contributed by atoms with E-state index in [9.17, 15) is 9.59 Å². The van der Waals surface area contributed by atoms with Crippen LogP contribution in [0.25, 0.3) is 0 Å². The quantitative estimate of drug-likeness (QED) is 0.867. The van der Waals surface area contributed by atoms with Crippen molar-refractivity contribution in [2.45, 2.75) is 51.2 Å². The van der Waals surface area contributed by atoms with Crippen LogP contribution in [-0.2, 0) is 19.7 Å². The van der Waals surface area contributed by atoms with Gasteiger partial charge < -0.3 is 14.8 Å². The summed E-state index contributed by atoms with van der Waals surface area (Å²) in [7, 11) is 1.36. The van der Waals surface area contributed by atoms with Gasteiger partial charge in [-0.3, -0.25) is 4.79 Å². The minimum Gasteiger partial charge on any atom is -0.465 e. The third-order valence-electron chi connectivity index (χ3n) is 4.09. The molecule has 0 spiro atoms. The molecule has 1 aromatic carbocycles. The van der Waals surface area contributed by atoms with Crippen molar-refractivity contribution in [3.05, 3.63) is 35.4 Å². The van der Waals surface area contributed by atoms with Gasteiger partial charge in [0.15, 0.2) is 0 Å². The summed E-state index contributed by atoms with van der Waals surface area (Å²) in [5, 5.41) is 3.25. The van der Waals surface area contributed by atoms with E-state index in [4.69, 9.17) is 9.47 Å². The average Bonchev–Trinajstić information content (AvgIpc) is 2.89. The van der Waals surface area contributed by atoms with E-state index in [2.05, 4.69) is 12.2 Å². The number of hydrogen-bond donors (Lipinski definition) is 1. The molecule has 5 heteroatoms. The third-order valence-corrected chi connectivity index (χ3v) is 4.09. The molecule has 0 amide bonds. The van der Waals surface area contributed by atoms with Crippen LogP contribution in [0.4, 0.5) is 0 Å². The molecule has 1 heterocycles. The molecule has 2 rings (SSSR count).